The molecule has 1 aromatic rings. The lowest BCUT2D eigenvalue weighted by molar-refractivity contribution is 0.0526. The van der Waals surface area contributed by atoms with Gasteiger partial charge < -0.3 is 4.74 Å². The van der Waals surface area contributed by atoms with E-state index in [9.17, 15) is 9.59 Å². The highest BCUT2D eigenvalue weighted by Crippen LogP contribution is 2.11. The van der Waals surface area contributed by atoms with Gasteiger partial charge in [0.15, 0.2) is 0 Å². The summed E-state index contributed by atoms with van der Waals surface area (Å²) >= 11 is 0. The van der Waals surface area contributed by atoms with Crippen molar-refractivity contribution in [1.82, 2.24) is 0 Å². The van der Waals surface area contributed by atoms with Gasteiger partial charge in [0.2, 0.25) is 0 Å². The molecule has 0 atom stereocenters. The normalized spacial score (nSPS) is 9.73. The highest BCUT2D eigenvalue weighted by atomic mass is 16.5. The maximum Gasteiger partial charge on any atom is 0.338 e. The van der Waals surface area contributed by atoms with Gasteiger partial charge >= 0.3 is 5.97 Å². The average Bonchev–Trinajstić information content (AvgIpc) is 2.28. The van der Waals surface area contributed by atoms with Crippen LogP contribution in [-0.2, 0) is 11.2 Å². The van der Waals surface area contributed by atoms with Gasteiger partial charge in [-0.1, -0.05) is 6.92 Å². The Morgan fingerprint density at radius 1 is 1.33 bits per heavy atom. The van der Waals surface area contributed by atoms with Crippen LogP contribution in [0.25, 0.3) is 0 Å². The van der Waals surface area contributed by atoms with E-state index in [4.69, 9.17) is 4.74 Å². The topological polar surface area (TPSA) is 43.4 Å². The molecule has 0 N–H and O–H groups in total. The first-order valence-electron chi connectivity index (χ1n) is 4.97. The summed E-state index contributed by atoms with van der Waals surface area (Å²) in [6.45, 7) is 4.06. The maximum atomic E-state index is 11.4. The zero-order valence-electron chi connectivity index (χ0n) is 8.95. The molecule has 3 heteroatoms. The predicted molar refractivity (Wildman–Crippen MR) is 57.2 cm³/mol. The van der Waals surface area contributed by atoms with Gasteiger partial charge in [-0.3, -0.25) is 4.79 Å². The van der Waals surface area contributed by atoms with Crippen LogP contribution in [0.5, 0.6) is 0 Å². The summed E-state index contributed by atoms with van der Waals surface area (Å²) in [5.41, 5.74) is 1.92. The molecule has 0 aliphatic heterocycles. The number of carbonyl (C=O) groups excluding carboxylic acids is 2. The van der Waals surface area contributed by atoms with Crippen LogP contribution in [0.1, 0.15) is 40.1 Å². The molecule has 80 valence electrons. The Kier molecular flexibility index (Phi) is 4.03. The molecular weight excluding hydrogens is 192 g/mol. The number of esters is 1. The lowest BCUT2D eigenvalue weighted by Crippen LogP contribution is -2.06. The van der Waals surface area contributed by atoms with Crippen LogP contribution in [0.4, 0.5) is 0 Å². The zero-order valence-corrected chi connectivity index (χ0v) is 8.95. The summed E-state index contributed by atoms with van der Waals surface area (Å²) < 4.78 is 4.87. The molecule has 0 unspecified atom stereocenters. The number of rotatable bonds is 4. The first-order valence-corrected chi connectivity index (χ1v) is 4.97. The first kappa shape index (κ1) is 11.4. The van der Waals surface area contributed by atoms with Gasteiger partial charge in [0.05, 0.1) is 12.2 Å². The van der Waals surface area contributed by atoms with Crippen molar-refractivity contribution in [2.24, 2.45) is 0 Å². The molecule has 0 aliphatic rings. The van der Waals surface area contributed by atoms with Crippen molar-refractivity contribution >= 4 is 12.3 Å². The predicted octanol–water partition coefficient (Wildman–Crippen LogP) is 2.24. The number of carbonyl (C=O) groups is 2. The Morgan fingerprint density at radius 3 is 2.60 bits per heavy atom. The molecule has 0 spiro atoms. The fraction of sp³-hybridized carbons (Fsp3) is 0.333. The molecule has 1 rings (SSSR count). The van der Waals surface area contributed by atoms with Crippen LogP contribution in [0.2, 0.25) is 0 Å². The molecule has 0 saturated heterocycles. The standard InChI is InChI=1S/C12H14O3/c1-3-9-5-10(8-13)7-11(6-9)12(14)15-4-2/h5-8H,3-4H2,1-2H3. The van der Waals surface area contributed by atoms with Crippen molar-refractivity contribution in [1.29, 1.82) is 0 Å². The number of aldehydes is 1. The smallest absolute Gasteiger partial charge is 0.338 e. The van der Waals surface area contributed by atoms with Crippen molar-refractivity contribution in [2.75, 3.05) is 6.61 Å². The van der Waals surface area contributed by atoms with Crippen LogP contribution in [0.15, 0.2) is 18.2 Å². The van der Waals surface area contributed by atoms with Crippen molar-refractivity contribution in [3.8, 4) is 0 Å². The van der Waals surface area contributed by atoms with Crippen LogP contribution >= 0.6 is 0 Å². The van der Waals surface area contributed by atoms with Crippen molar-refractivity contribution in [3.05, 3.63) is 34.9 Å². The second kappa shape index (κ2) is 5.29. The van der Waals surface area contributed by atoms with Crippen LogP contribution in [0.3, 0.4) is 0 Å². The van der Waals surface area contributed by atoms with Gasteiger partial charge in [0.1, 0.15) is 6.29 Å². The van der Waals surface area contributed by atoms with Crippen molar-refractivity contribution in [2.45, 2.75) is 20.3 Å². The van der Waals surface area contributed by atoms with E-state index in [-0.39, 0.29) is 5.97 Å². The molecule has 0 saturated carbocycles. The molecule has 0 bridgehead atoms. The van der Waals surface area contributed by atoms with Gasteiger partial charge in [-0.2, -0.15) is 0 Å². The van der Waals surface area contributed by atoms with Gasteiger partial charge in [-0.05, 0) is 37.1 Å². The van der Waals surface area contributed by atoms with E-state index in [1.807, 2.05) is 6.92 Å². The summed E-state index contributed by atoms with van der Waals surface area (Å²) in [5, 5.41) is 0. The minimum Gasteiger partial charge on any atom is -0.462 e. The lowest BCUT2D eigenvalue weighted by Gasteiger charge is -2.04. The molecular formula is C12H14O3. The molecule has 15 heavy (non-hydrogen) atoms. The van der Waals surface area contributed by atoms with Crippen molar-refractivity contribution < 1.29 is 14.3 Å². The minimum atomic E-state index is -0.379. The Hall–Kier alpha value is -1.64. The number of aryl methyl sites for hydroxylation is 1. The summed E-state index contributed by atoms with van der Waals surface area (Å²) in [5.74, 6) is -0.379. The van der Waals surface area contributed by atoms with Gasteiger partial charge in [-0.25, -0.2) is 4.79 Å². The van der Waals surface area contributed by atoms with Crippen molar-refractivity contribution in [3.63, 3.8) is 0 Å². The van der Waals surface area contributed by atoms with E-state index >= 15 is 0 Å². The monoisotopic (exact) mass is 206 g/mol. The van der Waals surface area contributed by atoms with Crippen LogP contribution in [-0.4, -0.2) is 18.9 Å². The number of benzene rings is 1. The maximum absolute atomic E-state index is 11.4. The quantitative estimate of drug-likeness (QED) is 0.560. The van der Waals surface area contributed by atoms with Gasteiger partial charge in [-0.15, -0.1) is 0 Å². The molecule has 0 radical (unpaired) electrons. The van der Waals surface area contributed by atoms with E-state index in [1.165, 1.54) is 0 Å². The largest absolute Gasteiger partial charge is 0.462 e. The minimum absolute atomic E-state index is 0.339. The lowest BCUT2D eigenvalue weighted by atomic mass is 10.0. The fourth-order valence-electron chi connectivity index (χ4n) is 1.32. The van der Waals surface area contributed by atoms with E-state index in [0.717, 1.165) is 18.3 Å². The number of hydrogen-bond acceptors (Lipinski definition) is 3. The highest BCUT2D eigenvalue weighted by Gasteiger charge is 2.08. The fourth-order valence-corrected chi connectivity index (χ4v) is 1.32. The first-order chi connectivity index (χ1) is 7.21. The van der Waals surface area contributed by atoms with Crippen LogP contribution in [0, 0.1) is 0 Å². The van der Waals surface area contributed by atoms with E-state index in [2.05, 4.69) is 0 Å². The molecule has 0 aliphatic carbocycles. The Morgan fingerprint density at radius 2 is 2.07 bits per heavy atom. The molecule has 0 heterocycles. The van der Waals surface area contributed by atoms with E-state index in [0.29, 0.717) is 17.7 Å². The third-order valence-electron chi connectivity index (χ3n) is 2.07. The average molecular weight is 206 g/mol. The van der Waals surface area contributed by atoms with E-state index < -0.39 is 0 Å². The second-order valence-electron chi connectivity index (χ2n) is 3.16. The Bertz CT molecular complexity index is 369. The Labute approximate surface area is 89.1 Å². The molecule has 3 nitrogen and oxygen atoms in total. The van der Waals surface area contributed by atoms with Gasteiger partial charge in [0.25, 0.3) is 0 Å². The summed E-state index contributed by atoms with van der Waals surface area (Å²) in [7, 11) is 0. The molecule has 0 fully saturated rings. The third kappa shape index (κ3) is 2.91. The summed E-state index contributed by atoms with van der Waals surface area (Å²) in [6, 6.07) is 5.07. The van der Waals surface area contributed by atoms with Crippen LogP contribution < -0.4 is 0 Å². The Balaban J connectivity index is 3.06. The molecule has 0 aromatic heterocycles. The van der Waals surface area contributed by atoms with E-state index in [1.54, 1.807) is 25.1 Å². The number of ether oxygens (including phenoxy) is 1. The summed E-state index contributed by atoms with van der Waals surface area (Å²) in [4.78, 5) is 22.1. The highest BCUT2D eigenvalue weighted by molar-refractivity contribution is 5.92. The summed E-state index contributed by atoms with van der Waals surface area (Å²) in [6.07, 6.45) is 1.52. The SMILES string of the molecule is CCOC(=O)c1cc(C=O)cc(CC)c1. The van der Waals surface area contributed by atoms with Gasteiger partial charge in [0, 0.05) is 5.56 Å². The zero-order chi connectivity index (χ0) is 11.3. The second-order valence-corrected chi connectivity index (χ2v) is 3.16. The molecule has 1 aromatic carbocycles. The number of hydrogen-bond donors (Lipinski definition) is 0. The third-order valence-corrected chi connectivity index (χ3v) is 2.07. The molecule has 0 amide bonds.